The van der Waals surface area contributed by atoms with E-state index in [9.17, 15) is 4.79 Å². The smallest absolute Gasteiger partial charge is 0.328 e. The summed E-state index contributed by atoms with van der Waals surface area (Å²) in [4.78, 5) is 10.8. The first-order chi connectivity index (χ1) is 13.6. The zero-order valence-corrected chi connectivity index (χ0v) is 15.8. The molecule has 0 aromatic heterocycles. The molecule has 0 amide bonds. The number of carboxylic acid groups (broad SMARTS) is 1. The van der Waals surface area contributed by atoms with Gasteiger partial charge in [-0.25, -0.2) is 4.79 Å². The fourth-order valence-electron chi connectivity index (χ4n) is 2.69. The minimum atomic E-state index is -1.04. The molecule has 3 aromatic rings. The van der Waals surface area contributed by atoms with Crippen LogP contribution < -0.4 is 9.47 Å². The van der Waals surface area contributed by atoms with Gasteiger partial charge in [0.15, 0.2) is 0 Å². The molecule has 0 fully saturated rings. The molecular formula is C23H19ClO4. The molecule has 5 heteroatoms. The Hall–Kier alpha value is -3.24. The number of benzene rings is 3. The summed E-state index contributed by atoms with van der Waals surface area (Å²) in [6.07, 6.45) is 2.50. The van der Waals surface area contributed by atoms with Crippen LogP contribution in [0.3, 0.4) is 0 Å². The molecule has 0 heterocycles. The van der Waals surface area contributed by atoms with Crippen LogP contribution in [0, 0.1) is 0 Å². The number of aliphatic carboxylic acids is 1. The molecule has 0 radical (unpaired) electrons. The maximum Gasteiger partial charge on any atom is 0.328 e. The molecule has 1 N–H and O–H groups in total. The van der Waals surface area contributed by atoms with Crippen molar-refractivity contribution in [3.05, 3.63) is 89.5 Å². The van der Waals surface area contributed by atoms with E-state index in [1.165, 1.54) is 6.08 Å². The minimum Gasteiger partial charge on any atom is -0.489 e. The normalized spacial score (nSPS) is 10.8. The number of rotatable bonds is 8. The van der Waals surface area contributed by atoms with Gasteiger partial charge in [-0.05, 0) is 35.9 Å². The molecule has 28 heavy (non-hydrogen) atoms. The van der Waals surface area contributed by atoms with Gasteiger partial charge < -0.3 is 14.6 Å². The van der Waals surface area contributed by atoms with Crippen molar-refractivity contribution in [3.8, 4) is 22.6 Å². The summed E-state index contributed by atoms with van der Waals surface area (Å²) in [6, 6.07) is 22.9. The van der Waals surface area contributed by atoms with Gasteiger partial charge in [0, 0.05) is 22.2 Å². The number of ether oxygens (including phenoxy) is 2. The molecule has 0 aliphatic carbocycles. The van der Waals surface area contributed by atoms with Crippen LogP contribution in [0.2, 0.25) is 5.02 Å². The van der Waals surface area contributed by atoms with Crippen molar-refractivity contribution in [3.63, 3.8) is 0 Å². The molecule has 0 aliphatic heterocycles. The Kier molecular flexibility index (Phi) is 6.71. The lowest BCUT2D eigenvalue weighted by molar-refractivity contribution is -0.131. The molecule has 0 saturated carbocycles. The van der Waals surface area contributed by atoms with E-state index in [0.717, 1.165) is 23.0 Å². The monoisotopic (exact) mass is 394 g/mol. The average molecular weight is 395 g/mol. The van der Waals surface area contributed by atoms with Crippen LogP contribution in [-0.4, -0.2) is 24.3 Å². The number of hydrogen-bond acceptors (Lipinski definition) is 3. The van der Waals surface area contributed by atoms with Crippen LogP contribution in [0.15, 0.2) is 78.9 Å². The summed E-state index contributed by atoms with van der Waals surface area (Å²) >= 11 is 5.99. The van der Waals surface area contributed by atoms with Gasteiger partial charge in [0.1, 0.15) is 24.7 Å². The first-order valence-corrected chi connectivity index (χ1v) is 9.12. The summed E-state index contributed by atoms with van der Waals surface area (Å²) in [7, 11) is 0. The van der Waals surface area contributed by atoms with Gasteiger partial charge in [0.25, 0.3) is 0 Å². The van der Waals surface area contributed by atoms with Gasteiger partial charge in [0.2, 0.25) is 0 Å². The number of hydrogen-bond donors (Lipinski definition) is 1. The molecule has 0 aliphatic rings. The van der Waals surface area contributed by atoms with Crippen molar-refractivity contribution in [2.24, 2.45) is 0 Å². The Balaban J connectivity index is 1.64. The van der Waals surface area contributed by atoms with Crippen molar-refractivity contribution in [2.75, 3.05) is 13.2 Å². The maximum absolute atomic E-state index is 10.8. The van der Waals surface area contributed by atoms with Crippen LogP contribution in [0.25, 0.3) is 17.2 Å². The summed E-state index contributed by atoms with van der Waals surface area (Å²) in [5, 5.41) is 9.32. The van der Waals surface area contributed by atoms with E-state index in [0.29, 0.717) is 29.5 Å². The highest BCUT2D eigenvalue weighted by Crippen LogP contribution is 2.29. The predicted octanol–water partition coefficient (Wildman–Crippen LogP) is 5.56. The zero-order valence-electron chi connectivity index (χ0n) is 15.0. The fourth-order valence-corrected chi connectivity index (χ4v) is 2.87. The average Bonchev–Trinajstić information content (AvgIpc) is 2.71. The third-order valence-corrected chi connectivity index (χ3v) is 4.18. The van der Waals surface area contributed by atoms with Crippen LogP contribution >= 0.6 is 11.6 Å². The Morgan fingerprint density at radius 2 is 1.57 bits per heavy atom. The van der Waals surface area contributed by atoms with E-state index < -0.39 is 5.97 Å². The second-order valence-corrected chi connectivity index (χ2v) is 6.35. The molecule has 3 rings (SSSR count). The molecule has 0 atom stereocenters. The molecular weight excluding hydrogens is 376 g/mol. The first-order valence-electron chi connectivity index (χ1n) is 8.74. The zero-order chi connectivity index (χ0) is 19.8. The van der Waals surface area contributed by atoms with Gasteiger partial charge >= 0.3 is 5.97 Å². The number of para-hydroxylation sites is 1. The lowest BCUT2D eigenvalue weighted by Gasteiger charge is -2.13. The Morgan fingerprint density at radius 1 is 0.893 bits per heavy atom. The van der Waals surface area contributed by atoms with Gasteiger partial charge in [0.05, 0.1) is 0 Å². The third kappa shape index (κ3) is 5.38. The van der Waals surface area contributed by atoms with E-state index in [2.05, 4.69) is 0 Å². The SMILES string of the molecule is O=C(O)C=Cc1cc(Cl)ccc1OCCOc1ccccc1-c1ccccc1. The third-order valence-electron chi connectivity index (χ3n) is 3.95. The predicted molar refractivity (Wildman–Crippen MR) is 111 cm³/mol. The van der Waals surface area contributed by atoms with E-state index in [1.54, 1.807) is 18.2 Å². The van der Waals surface area contributed by atoms with Crippen molar-refractivity contribution in [2.45, 2.75) is 0 Å². The Labute approximate surface area is 168 Å². The van der Waals surface area contributed by atoms with E-state index >= 15 is 0 Å². The second kappa shape index (κ2) is 9.62. The highest BCUT2D eigenvalue weighted by molar-refractivity contribution is 6.30. The van der Waals surface area contributed by atoms with Crippen LogP contribution in [0.1, 0.15) is 5.56 Å². The van der Waals surface area contributed by atoms with Gasteiger partial charge in [-0.2, -0.15) is 0 Å². The lowest BCUT2D eigenvalue weighted by Crippen LogP contribution is -2.10. The summed E-state index contributed by atoms with van der Waals surface area (Å²) in [6.45, 7) is 0.646. The molecule has 142 valence electrons. The standard InChI is InChI=1S/C23H19ClO4/c24-19-11-12-21(18(16-19)10-13-23(25)26)27-14-15-28-22-9-5-4-8-20(22)17-6-2-1-3-7-17/h1-13,16H,14-15H2,(H,25,26). The molecule has 0 bridgehead atoms. The molecule has 0 unspecified atom stereocenters. The molecule has 0 saturated heterocycles. The summed E-state index contributed by atoms with van der Waals surface area (Å²) in [5.41, 5.74) is 2.69. The van der Waals surface area contributed by atoms with Crippen molar-refractivity contribution in [1.29, 1.82) is 0 Å². The van der Waals surface area contributed by atoms with E-state index in [1.807, 2.05) is 54.6 Å². The highest BCUT2D eigenvalue weighted by Gasteiger charge is 2.06. The molecule has 4 nitrogen and oxygen atoms in total. The number of halogens is 1. The quantitative estimate of drug-likeness (QED) is 0.401. The minimum absolute atomic E-state index is 0.304. The Bertz CT molecular complexity index is 967. The lowest BCUT2D eigenvalue weighted by atomic mass is 10.1. The van der Waals surface area contributed by atoms with Gasteiger partial charge in [-0.1, -0.05) is 60.1 Å². The largest absolute Gasteiger partial charge is 0.489 e. The van der Waals surface area contributed by atoms with Gasteiger partial charge in [-0.3, -0.25) is 0 Å². The first kappa shape index (κ1) is 19.5. The maximum atomic E-state index is 10.8. The number of carbonyl (C=O) groups is 1. The second-order valence-electron chi connectivity index (χ2n) is 5.91. The van der Waals surface area contributed by atoms with Crippen molar-refractivity contribution < 1.29 is 19.4 Å². The fraction of sp³-hybridized carbons (Fsp3) is 0.0870. The van der Waals surface area contributed by atoms with Crippen molar-refractivity contribution in [1.82, 2.24) is 0 Å². The van der Waals surface area contributed by atoms with Crippen LogP contribution in [0.5, 0.6) is 11.5 Å². The number of carboxylic acids is 1. The van der Waals surface area contributed by atoms with Crippen LogP contribution in [0.4, 0.5) is 0 Å². The Morgan fingerprint density at radius 3 is 2.32 bits per heavy atom. The van der Waals surface area contributed by atoms with Crippen LogP contribution in [-0.2, 0) is 4.79 Å². The topological polar surface area (TPSA) is 55.8 Å². The van der Waals surface area contributed by atoms with Crippen molar-refractivity contribution >= 4 is 23.6 Å². The highest BCUT2D eigenvalue weighted by atomic mass is 35.5. The summed E-state index contributed by atoms with van der Waals surface area (Å²) < 4.78 is 11.7. The molecule has 0 spiro atoms. The van der Waals surface area contributed by atoms with Gasteiger partial charge in [-0.15, -0.1) is 0 Å². The summed E-state index contributed by atoms with van der Waals surface area (Å²) in [5.74, 6) is 0.285. The van der Waals surface area contributed by atoms with E-state index in [4.69, 9.17) is 26.2 Å². The molecule has 3 aromatic carbocycles. The van der Waals surface area contributed by atoms with E-state index in [-0.39, 0.29) is 0 Å².